The van der Waals surface area contributed by atoms with E-state index >= 15 is 0 Å². The van der Waals surface area contributed by atoms with E-state index in [1.165, 1.54) is 16.7 Å². The smallest absolute Gasteiger partial charge is 0.330 e. The van der Waals surface area contributed by atoms with Crippen LogP contribution in [-0.2, 0) is 12.6 Å². The van der Waals surface area contributed by atoms with Crippen molar-refractivity contribution in [2.75, 3.05) is 17.2 Å². The van der Waals surface area contributed by atoms with Crippen LogP contribution < -0.4 is 22.1 Å². The summed E-state index contributed by atoms with van der Waals surface area (Å²) in [6.07, 6.45) is -2.24. The third kappa shape index (κ3) is 5.98. The summed E-state index contributed by atoms with van der Waals surface area (Å²) in [5.74, 6) is -0.451. The van der Waals surface area contributed by atoms with Crippen molar-refractivity contribution in [1.29, 1.82) is 0 Å². The number of hydrogen-bond acceptors (Lipinski definition) is 7. The number of amides is 1. The molecule has 0 aliphatic heterocycles. The van der Waals surface area contributed by atoms with Crippen molar-refractivity contribution < 1.29 is 18.0 Å². The minimum Gasteiger partial charge on any atom is -0.330 e. The first-order chi connectivity index (χ1) is 20.0. The summed E-state index contributed by atoms with van der Waals surface area (Å²) in [7, 11) is 0. The minimum atomic E-state index is -4.58. The Morgan fingerprint density at radius 3 is 2.43 bits per heavy atom. The lowest BCUT2D eigenvalue weighted by molar-refractivity contribution is -0.137. The number of nitrogens with one attached hydrogen (secondary N) is 2. The Hall–Kier alpha value is -5.10. The minimum absolute atomic E-state index is 0.152. The van der Waals surface area contributed by atoms with Gasteiger partial charge in [0.2, 0.25) is 5.95 Å². The Morgan fingerprint density at radius 2 is 1.71 bits per heavy atom. The molecule has 0 radical (unpaired) electrons. The summed E-state index contributed by atoms with van der Waals surface area (Å²) in [6, 6.07) is 16.7. The van der Waals surface area contributed by atoms with Crippen LogP contribution in [0.3, 0.4) is 0 Å². The second-order valence-electron chi connectivity index (χ2n) is 9.64. The number of nitrogens with zero attached hydrogens (tertiary/aromatic N) is 4. The predicted molar refractivity (Wildman–Crippen MR) is 154 cm³/mol. The molecular formula is C30H26F3N7O2. The number of halogens is 3. The Balaban J connectivity index is 1.44. The van der Waals surface area contributed by atoms with E-state index in [0.29, 0.717) is 28.9 Å². The van der Waals surface area contributed by atoms with E-state index in [9.17, 15) is 22.8 Å². The number of anilines is 3. The highest BCUT2D eigenvalue weighted by Gasteiger charge is 2.31. The molecule has 0 saturated heterocycles. The van der Waals surface area contributed by atoms with Crippen LogP contribution in [0.2, 0.25) is 0 Å². The van der Waals surface area contributed by atoms with Gasteiger partial charge in [0.15, 0.2) is 5.65 Å². The second kappa shape index (κ2) is 11.4. The molecule has 2 aromatic heterocycles. The number of aromatic nitrogens is 4. The summed E-state index contributed by atoms with van der Waals surface area (Å²) in [6.45, 7) is 4.07. The molecule has 5 rings (SSSR count). The molecule has 0 aliphatic carbocycles. The third-order valence-electron chi connectivity index (χ3n) is 6.69. The van der Waals surface area contributed by atoms with Gasteiger partial charge in [0, 0.05) is 28.8 Å². The number of hydrogen-bond donors (Lipinski definition) is 3. The lowest BCUT2D eigenvalue weighted by atomic mass is 10.1. The normalized spacial score (nSPS) is 11.5. The van der Waals surface area contributed by atoms with Crippen LogP contribution in [0.25, 0.3) is 16.7 Å². The molecule has 0 spiro atoms. The summed E-state index contributed by atoms with van der Waals surface area (Å²) in [5, 5.41) is 6.25. The average Bonchev–Trinajstić information content (AvgIpc) is 2.95. The van der Waals surface area contributed by atoms with E-state index in [4.69, 9.17) is 5.73 Å². The molecular weight excluding hydrogens is 547 g/mol. The van der Waals surface area contributed by atoms with Crippen LogP contribution in [0.4, 0.5) is 30.5 Å². The van der Waals surface area contributed by atoms with Crippen molar-refractivity contribution in [1.82, 2.24) is 19.5 Å². The van der Waals surface area contributed by atoms with Crippen LogP contribution in [0, 0.1) is 13.8 Å². The number of alkyl halides is 3. The first-order valence-electron chi connectivity index (χ1n) is 13.0. The lowest BCUT2D eigenvalue weighted by Gasteiger charge is -2.16. The van der Waals surface area contributed by atoms with Gasteiger partial charge in [0.05, 0.1) is 16.6 Å². The standard InChI is InChI=1S/C30H26F3N7O2/c1-17-6-9-23(36-27(41)20-4-3-5-21(14-20)30(31,32)33)15-25(17)40-18(2)24-16-35-28(38-26(24)39-29(40)42)37-22-10-7-19(8-11-22)12-13-34/h3-11,14-16H,12-13,34H2,1-2H3,(H,36,41)(H,37,38,39,42). The zero-order valence-corrected chi connectivity index (χ0v) is 22.7. The van der Waals surface area contributed by atoms with Crippen LogP contribution in [0.1, 0.15) is 32.7 Å². The second-order valence-corrected chi connectivity index (χ2v) is 9.64. The molecule has 42 heavy (non-hydrogen) atoms. The van der Waals surface area contributed by atoms with Gasteiger partial charge in [-0.3, -0.25) is 9.36 Å². The van der Waals surface area contributed by atoms with E-state index in [0.717, 1.165) is 29.8 Å². The fraction of sp³-hybridized carbons (Fsp3) is 0.167. The molecule has 1 amide bonds. The van der Waals surface area contributed by atoms with Gasteiger partial charge in [-0.05, 0) is 80.4 Å². The molecule has 0 saturated carbocycles. The zero-order valence-electron chi connectivity index (χ0n) is 22.7. The Labute approximate surface area is 238 Å². The van der Waals surface area contributed by atoms with Crippen molar-refractivity contribution in [2.24, 2.45) is 5.73 Å². The van der Waals surface area contributed by atoms with E-state index in [1.807, 2.05) is 24.3 Å². The number of carbonyl (C=O) groups excluding carboxylic acids is 1. The van der Waals surface area contributed by atoms with Gasteiger partial charge in [-0.15, -0.1) is 0 Å². The van der Waals surface area contributed by atoms with E-state index in [1.54, 1.807) is 38.2 Å². The summed E-state index contributed by atoms with van der Waals surface area (Å²) in [4.78, 5) is 39.0. The Kier molecular flexibility index (Phi) is 7.72. The third-order valence-corrected chi connectivity index (χ3v) is 6.69. The van der Waals surface area contributed by atoms with Crippen molar-refractivity contribution in [3.8, 4) is 5.69 Å². The van der Waals surface area contributed by atoms with Gasteiger partial charge in [-0.2, -0.15) is 23.1 Å². The maximum Gasteiger partial charge on any atom is 0.416 e. The number of aryl methyl sites for hydroxylation is 2. The highest BCUT2D eigenvalue weighted by molar-refractivity contribution is 6.04. The molecule has 0 aliphatic rings. The SMILES string of the molecule is Cc1ccc(NC(=O)c2cccc(C(F)(F)F)c2)cc1-n1c(C)c2cnc(Nc3ccc(CCN)cc3)nc2nc1=O. The fourth-order valence-corrected chi connectivity index (χ4v) is 4.48. The van der Waals surface area contributed by atoms with Crippen molar-refractivity contribution in [3.63, 3.8) is 0 Å². The van der Waals surface area contributed by atoms with Crippen LogP contribution in [0.15, 0.2) is 77.7 Å². The number of nitrogens with two attached hydrogens (primary N) is 1. The van der Waals surface area contributed by atoms with Gasteiger partial charge in [0.1, 0.15) is 0 Å². The molecule has 4 N–H and O–H groups in total. The molecule has 0 bridgehead atoms. The van der Waals surface area contributed by atoms with Crippen molar-refractivity contribution in [2.45, 2.75) is 26.4 Å². The summed E-state index contributed by atoms with van der Waals surface area (Å²) in [5.41, 5.74) is 7.96. The number of rotatable bonds is 7. The first-order valence-corrected chi connectivity index (χ1v) is 13.0. The van der Waals surface area contributed by atoms with Gasteiger partial charge in [-0.25, -0.2) is 9.78 Å². The molecule has 12 heteroatoms. The number of fused-ring (bicyclic) bond motifs is 1. The van der Waals surface area contributed by atoms with Crippen molar-refractivity contribution >= 4 is 34.3 Å². The first kappa shape index (κ1) is 28.4. The highest BCUT2D eigenvalue weighted by atomic mass is 19.4. The van der Waals surface area contributed by atoms with Crippen LogP contribution in [-0.4, -0.2) is 32.0 Å². The maximum absolute atomic E-state index is 13.2. The maximum atomic E-state index is 13.2. The molecule has 3 aromatic carbocycles. The lowest BCUT2D eigenvalue weighted by Crippen LogP contribution is -2.25. The number of carbonyl (C=O) groups is 1. The van der Waals surface area contributed by atoms with E-state index in [-0.39, 0.29) is 22.8 Å². The van der Waals surface area contributed by atoms with Crippen LogP contribution in [0.5, 0.6) is 0 Å². The predicted octanol–water partition coefficient (Wildman–Crippen LogP) is 5.31. The molecule has 214 valence electrons. The quantitative estimate of drug-likeness (QED) is 0.241. The molecule has 0 fully saturated rings. The molecule has 2 heterocycles. The summed E-state index contributed by atoms with van der Waals surface area (Å²) >= 11 is 0. The van der Waals surface area contributed by atoms with Gasteiger partial charge < -0.3 is 16.4 Å². The average molecular weight is 574 g/mol. The Bertz CT molecular complexity index is 1850. The van der Waals surface area contributed by atoms with Gasteiger partial charge in [0.25, 0.3) is 5.91 Å². The molecule has 0 unspecified atom stereocenters. The van der Waals surface area contributed by atoms with Gasteiger partial charge in [-0.1, -0.05) is 24.3 Å². The molecule has 5 aromatic rings. The topological polar surface area (TPSA) is 128 Å². The summed E-state index contributed by atoms with van der Waals surface area (Å²) < 4.78 is 40.7. The highest BCUT2D eigenvalue weighted by Crippen LogP contribution is 2.30. The largest absolute Gasteiger partial charge is 0.416 e. The monoisotopic (exact) mass is 573 g/mol. The molecule has 0 atom stereocenters. The fourth-order valence-electron chi connectivity index (χ4n) is 4.48. The van der Waals surface area contributed by atoms with Crippen LogP contribution >= 0.6 is 0 Å². The number of benzene rings is 3. The van der Waals surface area contributed by atoms with Gasteiger partial charge >= 0.3 is 11.9 Å². The molecule has 9 nitrogen and oxygen atoms in total. The van der Waals surface area contributed by atoms with Crippen molar-refractivity contribution in [3.05, 3.63) is 111 Å². The van der Waals surface area contributed by atoms with E-state index < -0.39 is 23.3 Å². The zero-order chi connectivity index (χ0) is 30.0. The van der Waals surface area contributed by atoms with E-state index in [2.05, 4.69) is 25.6 Å². The Morgan fingerprint density at radius 1 is 0.976 bits per heavy atom.